The van der Waals surface area contributed by atoms with E-state index in [9.17, 15) is 4.79 Å². The van der Waals surface area contributed by atoms with Crippen LogP contribution in [0.5, 0.6) is 0 Å². The first kappa shape index (κ1) is 7.69. The molecule has 0 aliphatic rings. The largest absolute Gasteiger partial charge is 0.463 e. The Morgan fingerprint density at radius 1 is 1.75 bits per heavy atom. The summed E-state index contributed by atoms with van der Waals surface area (Å²) >= 11 is 0. The Morgan fingerprint density at radius 3 is 2.38 bits per heavy atom. The van der Waals surface area contributed by atoms with E-state index in [1.54, 1.807) is 0 Å². The number of carbonyl (C=O) groups excluding carboxylic acids is 1. The summed E-state index contributed by atoms with van der Waals surface area (Å²) in [5.41, 5.74) is 0. The predicted octanol–water partition coefficient (Wildman–Crippen LogP) is -0.278. The van der Waals surface area contributed by atoms with Gasteiger partial charge in [-0.1, -0.05) is 0 Å². The zero-order valence-corrected chi connectivity index (χ0v) is 7.60. The monoisotopic (exact) mass is 132 g/mol. The van der Waals surface area contributed by atoms with Crippen molar-refractivity contribution in [1.82, 2.24) is 0 Å². The van der Waals surface area contributed by atoms with Gasteiger partial charge in [0.05, 0.1) is 6.10 Å². The highest BCUT2D eigenvalue weighted by molar-refractivity contribution is 6.18. The first-order chi connectivity index (χ1) is 3.66. The topological polar surface area (TPSA) is 26.3 Å². The molecule has 3 heteroatoms. The number of ether oxygens (including phenoxy) is 1. The van der Waals surface area contributed by atoms with Crippen molar-refractivity contribution in [2.24, 2.45) is 0 Å². The fraction of sp³-hybridized carbons (Fsp3) is 0.800. The van der Waals surface area contributed by atoms with E-state index < -0.39 is 0 Å². The van der Waals surface area contributed by atoms with Gasteiger partial charge in [-0.05, 0) is 13.8 Å². The van der Waals surface area contributed by atoms with Crippen molar-refractivity contribution in [2.75, 3.05) is 0 Å². The minimum Gasteiger partial charge on any atom is -0.463 e. The molecule has 0 aromatic carbocycles. The van der Waals surface area contributed by atoms with Gasteiger partial charge in [0.15, 0.2) is 0 Å². The molecule has 0 aliphatic heterocycles. The van der Waals surface area contributed by atoms with E-state index in [4.69, 9.17) is 4.74 Å². The van der Waals surface area contributed by atoms with Crippen molar-refractivity contribution in [2.45, 2.75) is 26.0 Å². The van der Waals surface area contributed by atoms with Crippen LogP contribution in [0.4, 0.5) is 0 Å². The lowest BCUT2D eigenvalue weighted by Gasteiger charge is -2.04. The van der Waals surface area contributed by atoms with Gasteiger partial charge in [-0.2, -0.15) is 0 Å². The average Bonchev–Trinajstić information content (AvgIpc) is 1.65. The molecule has 0 spiro atoms. The van der Waals surface area contributed by atoms with Crippen LogP contribution in [0.15, 0.2) is 0 Å². The molecule has 0 bridgehead atoms. The van der Waals surface area contributed by atoms with Gasteiger partial charge in [-0.25, -0.2) is 0 Å². The average molecular weight is 132 g/mol. The summed E-state index contributed by atoms with van der Waals surface area (Å²) in [7, 11) is 0.904. The first-order valence-corrected chi connectivity index (χ1v) is 4.27. The zero-order valence-electron chi connectivity index (χ0n) is 5.60. The fourth-order valence-electron chi connectivity index (χ4n) is 0.346. The molecule has 0 saturated heterocycles. The van der Waals surface area contributed by atoms with Gasteiger partial charge in [0.25, 0.3) is 0 Å². The molecule has 48 valence electrons. The van der Waals surface area contributed by atoms with E-state index >= 15 is 0 Å². The molecule has 0 N–H and O–H groups in total. The van der Waals surface area contributed by atoms with Crippen molar-refractivity contribution in [3.8, 4) is 0 Å². The van der Waals surface area contributed by atoms with Gasteiger partial charge >= 0.3 is 5.97 Å². The molecule has 0 fully saturated rings. The summed E-state index contributed by atoms with van der Waals surface area (Å²) in [6.45, 7) is 3.71. The van der Waals surface area contributed by atoms with E-state index in [0.717, 1.165) is 10.2 Å². The normalized spacial score (nSPS) is 9.88. The van der Waals surface area contributed by atoms with Gasteiger partial charge in [-0.15, -0.1) is 0 Å². The maximum atomic E-state index is 10.4. The molecule has 0 amide bonds. The van der Waals surface area contributed by atoms with Crippen LogP contribution in [-0.4, -0.2) is 22.3 Å². The Kier molecular flexibility index (Phi) is 3.52. The maximum Gasteiger partial charge on any atom is 0.302 e. The molecule has 0 radical (unpaired) electrons. The lowest BCUT2D eigenvalue weighted by Crippen LogP contribution is -2.09. The molecule has 2 nitrogen and oxygen atoms in total. The molecule has 0 aliphatic carbocycles. The Hall–Kier alpha value is -0.313. The second-order valence-electron chi connectivity index (χ2n) is 1.89. The van der Waals surface area contributed by atoms with E-state index in [0.29, 0.717) is 6.04 Å². The van der Waals surface area contributed by atoms with Crippen LogP contribution in [0.25, 0.3) is 0 Å². The quantitative estimate of drug-likeness (QED) is 0.381. The van der Waals surface area contributed by atoms with E-state index in [1.807, 2.05) is 13.8 Å². The van der Waals surface area contributed by atoms with Crippen LogP contribution < -0.4 is 0 Å². The molecule has 0 heterocycles. The maximum absolute atomic E-state index is 10.4. The number of rotatable bonds is 2. The third-order valence-corrected chi connectivity index (χ3v) is 1.23. The van der Waals surface area contributed by atoms with E-state index in [1.165, 1.54) is 0 Å². The summed E-state index contributed by atoms with van der Waals surface area (Å²) in [6, 6.07) is 0.609. The van der Waals surface area contributed by atoms with Crippen LogP contribution in [-0.2, 0) is 9.53 Å². The smallest absolute Gasteiger partial charge is 0.302 e. The fourth-order valence-corrected chi connectivity index (χ4v) is 0.513. The standard InChI is InChI=1S/C5H12O2Si/c1-4(2)7-5(6)3-8/h4H,3H2,1-2,8H3. The molecule has 0 rings (SSSR count). The summed E-state index contributed by atoms with van der Waals surface area (Å²) in [5.74, 6) is -0.0633. The molecule has 0 aromatic heterocycles. The van der Waals surface area contributed by atoms with Crippen LogP contribution in [0.2, 0.25) is 6.04 Å². The number of esters is 1. The Balaban J connectivity index is 3.25. The van der Waals surface area contributed by atoms with Gasteiger partial charge in [-0.3, -0.25) is 4.79 Å². The van der Waals surface area contributed by atoms with Crippen molar-refractivity contribution in [3.63, 3.8) is 0 Å². The van der Waals surface area contributed by atoms with E-state index in [-0.39, 0.29) is 12.1 Å². The van der Waals surface area contributed by atoms with Gasteiger partial charge in [0.2, 0.25) is 0 Å². The van der Waals surface area contributed by atoms with Crippen LogP contribution in [0.1, 0.15) is 13.8 Å². The highest BCUT2D eigenvalue weighted by Crippen LogP contribution is 1.89. The van der Waals surface area contributed by atoms with E-state index in [2.05, 4.69) is 0 Å². The molecule has 0 saturated carbocycles. The summed E-state index contributed by atoms with van der Waals surface area (Å²) < 4.78 is 4.80. The Labute approximate surface area is 52.6 Å². The number of carbonyl (C=O) groups is 1. The third kappa shape index (κ3) is 3.86. The second-order valence-corrected chi connectivity index (χ2v) is 2.60. The van der Waals surface area contributed by atoms with Gasteiger partial charge < -0.3 is 4.74 Å². The number of hydrogen-bond donors (Lipinski definition) is 0. The lowest BCUT2D eigenvalue weighted by molar-refractivity contribution is -0.144. The molecule has 8 heavy (non-hydrogen) atoms. The van der Waals surface area contributed by atoms with Crippen LogP contribution >= 0.6 is 0 Å². The van der Waals surface area contributed by atoms with Crippen LogP contribution in [0.3, 0.4) is 0 Å². The van der Waals surface area contributed by atoms with Crippen molar-refractivity contribution in [3.05, 3.63) is 0 Å². The third-order valence-electron chi connectivity index (χ3n) is 0.656. The highest BCUT2D eigenvalue weighted by atomic mass is 28.1. The Bertz CT molecular complexity index is 80.5. The Morgan fingerprint density at radius 2 is 2.25 bits per heavy atom. The van der Waals surface area contributed by atoms with Crippen molar-refractivity contribution < 1.29 is 9.53 Å². The number of hydrogen-bond acceptors (Lipinski definition) is 2. The summed E-state index contributed by atoms with van der Waals surface area (Å²) in [5, 5.41) is 0. The molecule has 0 atom stereocenters. The van der Waals surface area contributed by atoms with Crippen molar-refractivity contribution >= 4 is 16.2 Å². The summed E-state index contributed by atoms with van der Waals surface area (Å²) in [4.78, 5) is 10.4. The second kappa shape index (κ2) is 3.66. The van der Waals surface area contributed by atoms with Gasteiger partial charge in [0.1, 0.15) is 0 Å². The molecular weight excluding hydrogens is 120 g/mol. The summed E-state index contributed by atoms with van der Waals surface area (Å²) in [6.07, 6.45) is 0.0523. The highest BCUT2D eigenvalue weighted by Gasteiger charge is 1.98. The first-order valence-electron chi connectivity index (χ1n) is 2.86. The predicted molar refractivity (Wildman–Crippen MR) is 36.0 cm³/mol. The lowest BCUT2D eigenvalue weighted by atomic mass is 10.5. The molecule has 0 aromatic rings. The SMILES string of the molecule is CC(C)OC(=O)C[SiH3]. The van der Waals surface area contributed by atoms with Gasteiger partial charge in [0, 0.05) is 16.3 Å². The minimum atomic E-state index is -0.0633. The van der Waals surface area contributed by atoms with Crippen molar-refractivity contribution in [1.29, 1.82) is 0 Å². The van der Waals surface area contributed by atoms with Crippen LogP contribution in [0, 0.1) is 0 Å². The minimum absolute atomic E-state index is 0.0523. The molecule has 0 unspecified atom stereocenters. The molecular formula is C5H12O2Si. The zero-order chi connectivity index (χ0) is 6.57.